The second-order valence-corrected chi connectivity index (χ2v) is 6.83. The van der Waals surface area contributed by atoms with Crippen LogP contribution in [0.3, 0.4) is 0 Å². The molecule has 1 atom stereocenters. The minimum atomic E-state index is -3.30. The highest BCUT2D eigenvalue weighted by atomic mass is 35.5. The lowest BCUT2D eigenvalue weighted by Gasteiger charge is -2.16. The summed E-state index contributed by atoms with van der Waals surface area (Å²) in [4.78, 5) is 0.401. The van der Waals surface area contributed by atoms with Gasteiger partial charge in [-0.15, -0.1) is 12.4 Å². The Labute approximate surface area is 121 Å². The van der Waals surface area contributed by atoms with E-state index in [0.29, 0.717) is 23.9 Å². The highest BCUT2D eigenvalue weighted by Crippen LogP contribution is 2.24. The second-order valence-electron chi connectivity index (χ2n) is 4.89. The molecule has 0 spiro atoms. The molecule has 1 saturated heterocycles. The first-order valence-electron chi connectivity index (χ1n) is 6.25. The van der Waals surface area contributed by atoms with Gasteiger partial charge in [-0.1, -0.05) is 17.7 Å². The van der Waals surface area contributed by atoms with Crippen LogP contribution in [0.4, 0.5) is 0 Å². The molecule has 1 aromatic carbocycles. The molecule has 0 bridgehead atoms. The molecule has 1 unspecified atom stereocenters. The van der Waals surface area contributed by atoms with Crippen LogP contribution >= 0.6 is 12.4 Å². The standard InChI is InChI=1S/C13H20N2O2S.ClH/c1-11-3-5-13(6-4-11)18(16,17)15-8-7-12(10-15)9-14-2;/h3-6,12,14H,7-10H2,1-2H3;1H. The number of sulfonamides is 1. The second kappa shape index (κ2) is 6.70. The molecule has 6 heteroatoms. The van der Waals surface area contributed by atoms with Gasteiger partial charge in [0.05, 0.1) is 4.90 Å². The Morgan fingerprint density at radius 1 is 1.32 bits per heavy atom. The van der Waals surface area contributed by atoms with Gasteiger partial charge < -0.3 is 5.32 Å². The maximum absolute atomic E-state index is 12.4. The summed E-state index contributed by atoms with van der Waals surface area (Å²) in [5.74, 6) is 0.426. The van der Waals surface area contributed by atoms with Gasteiger partial charge in [-0.05, 0) is 45.0 Å². The normalized spacial score (nSPS) is 20.2. The fraction of sp³-hybridized carbons (Fsp3) is 0.538. The molecule has 4 nitrogen and oxygen atoms in total. The van der Waals surface area contributed by atoms with Gasteiger partial charge in [0.15, 0.2) is 0 Å². The smallest absolute Gasteiger partial charge is 0.243 e. The molecule has 108 valence electrons. The van der Waals surface area contributed by atoms with Crippen molar-refractivity contribution in [3.05, 3.63) is 29.8 Å². The molecule has 1 aliphatic rings. The Balaban J connectivity index is 0.00000180. The fourth-order valence-electron chi connectivity index (χ4n) is 2.33. The van der Waals surface area contributed by atoms with Crippen molar-refractivity contribution >= 4 is 22.4 Å². The summed E-state index contributed by atoms with van der Waals surface area (Å²) in [5.41, 5.74) is 1.07. The van der Waals surface area contributed by atoms with Crippen LogP contribution in [0.15, 0.2) is 29.2 Å². The molecular formula is C13H21ClN2O2S. The average molecular weight is 305 g/mol. The van der Waals surface area contributed by atoms with Crippen molar-refractivity contribution < 1.29 is 8.42 Å². The van der Waals surface area contributed by atoms with Gasteiger partial charge in [0.25, 0.3) is 0 Å². The minimum absolute atomic E-state index is 0. The largest absolute Gasteiger partial charge is 0.319 e. The number of halogens is 1. The van der Waals surface area contributed by atoms with E-state index in [0.717, 1.165) is 18.5 Å². The number of hydrogen-bond acceptors (Lipinski definition) is 3. The Morgan fingerprint density at radius 3 is 2.53 bits per heavy atom. The van der Waals surface area contributed by atoms with E-state index in [1.165, 1.54) is 0 Å². The Hall–Kier alpha value is -0.620. The summed E-state index contributed by atoms with van der Waals surface area (Å²) in [6.07, 6.45) is 0.936. The molecule has 2 rings (SSSR count). The van der Waals surface area contributed by atoms with Crippen LogP contribution in [-0.2, 0) is 10.0 Å². The summed E-state index contributed by atoms with van der Waals surface area (Å²) in [5, 5.41) is 3.11. The number of hydrogen-bond donors (Lipinski definition) is 1. The summed E-state index contributed by atoms with van der Waals surface area (Å²) in [7, 11) is -1.40. The van der Waals surface area contributed by atoms with Crippen LogP contribution < -0.4 is 5.32 Å². The third-order valence-corrected chi connectivity index (χ3v) is 5.28. The first-order chi connectivity index (χ1) is 8.54. The van der Waals surface area contributed by atoms with E-state index in [2.05, 4.69) is 5.32 Å². The SMILES string of the molecule is CNCC1CCN(S(=O)(=O)c2ccc(C)cc2)C1.Cl. The van der Waals surface area contributed by atoms with Crippen LogP contribution in [-0.4, -0.2) is 39.4 Å². The molecule has 0 radical (unpaired) electrons. The number of aryl methyl sites for hydroxylation is 1. The van der Waals surface area contributed by atoms with E-state index in [-0.39, 0.29) is 12.4 Å². The minimum Gasteiger partial charge on any atom is -0.319 e. The molecular weight excluding hydrogens is 284 g/mol. The zero-order chi connectivity index (χ0) is 13.2. The molecule has 0 aromatic heterocycles. The van der Waals surface area contributed by atoms with E-state index in [4.69, 9.17) is 0 Å². The third-order valence-electron chi connectivity index (χ3n) is 3.40. The van der Waals surface area contributed by atoms with Gasteiger partial charge in [-0.2, -0.15) is 4.31 Å². The lowest BCUT2D eigenvalue weighted by molar-refractivity contribution is 0.451. The van der Waals surface area contributed by atoms with Crippen molar-refractivity contribution in [1.29, 1.82) is 0 Å². The van der Waals surface area contributed by atoms with Crippen molar-refractivity contribution in [3.63, 3.8) is 0 Å². The fourth-order valence-corrected chi connectivity index (χ4v) is 3.86. The highest BCUT2D eigenvalue weighted by Gasteiger charge is 2.31. The van der Waals surface area contributed by atoms with Gasteiger partial charge in [0.2, 0.25) is 10.0 Å². The van der Waals surface area contributed by atoms with E-state index in [1.54, 1.807) is 16.4 Å². The molecule has 1 heterocycles. The van der Waals surface area contributed by atoms with Crippen LogP contribution in [0.2, 0.25) is 0 Å². The van der Waals surface area contributed by atoms with Gasteiger partial charge in [-0.25, -0.2) is 8.42 Å². The highest BCUT2D eigenvalue weighted by molar-refractivity contribution is 7.89. The van der Waals surface area contributed by atoms with Crippen molar-refractivity contribution in [3.8, 4) is 0 Å². The Bertz CT molecular complexity index is 502. The molecule has 1 aliphatic heterocycles. The molecule has 0 aliphatic carbocycles. The van der Waals surface area contributed by atoms with Crippen molar-refractivity contribution in [1.82, 2.24) is 9.62 Å². The first kappa shape index (κ1) is 16.4. The van der Waals surface area contributed by atoms with E-state index in [1.807, 2.05) is 26.1 Å². The van der Waals surface area contributed by atoms with Gasteiger partial charge in [0, 0.05) is 13.1 Å². The van der Waals surface area contributed by atoms with Crippen LogP contribution in [0, 0.1) is 12.8 Å². The maximum Gasteiger partial charge on any atom is 0.243 e. The molecule has 0 saturated carbocycles. The molecule has 19 heavy (non-hydrogen) atoms. The van der Waals surface area contributed by atoms with E-state index >= 15 is 0 Å². The topological polar surface area (TPSA) is 49.4 Å². The van der Waals surface area contributed by atoms with Gasteiger partial charge in [0.1, 0.15) is 0 Å². The zero-order valence-electron chi connectivity index (χ0n) is 11.3. The molecule has 0 amide bonds. The number of nitrogens with one attached hydrogen (secondary N) is 1. The first-order valence-corrected chi connectivity index (χ1v) is 7.69. The molecule has 1 fully saturated rings. The van der Waals surface area contributed by atoms with Crippen LogP contribution in [0.1, 0.15) is 12.0 Å². The third kappa shape index (κ3) is 3.69. The van der Waals surface area contributed by atoms with Crippen LogP contribution in [0.25, 0.3) is 0 Å². The van der Waals surface area contributed by atoms with Crippen molar-refractivity contribution in [2.45, 2.75) is 18.2 Å². The molecule has 1 N–H and O–H groups in total. The lowest BCUT2D eigenvalue weighted by Crippen LogP contribution is -2.30. The average Bonchev–Trinajstić information content (AvgIpc) is 2.79. The summed E-state index contributed by atoms with van der Waals surface area (Å²) in [6.45, 7) is 4.08. The number of nitrogens with zero attached hydrogens (tertiary/aromatic N) is 1. The lowest BCUT2D eigenvalue weighted by atomic mass is 10.1. The van der Waals surface area contributed by atoms with E-state index in [9.17, 15) is 8.42 Å². The van der Waals surface area contributed by atoms with Crippen molar-refractivity contribution in [2.24, 2.45) is 5.92 Å². The van der Waals surface area contributed by atoms with Crippen molar-refractivity contribution in [2.75, 3.05) is 26.7 Å². The summed E-state index contributed by atoms with van der Waals surface area (Å²) in [6, 6.07) is 7.06. The maximum atomic E-state index is 12.4. The molecule has 1 aromatic rings. The monoisotopic (exact) mass is 304 g/mol. The predicted octanol–water partition coefficient (Wildman–Crippen LogP) is 1.65. The number of rotatable bonds is 4. The van der Waals surface area contributed by atoms with Gasteiger partial charge >= 0.3 is 0 Å². The Kier molecular flexibility index (Phi) is 5.80. The number of benzene rings is 1. The summed E-state index contributed by atoms with van der Waals surface area (Å²) >= 11 is 0. The van der Waals surface area contributed by atoms with Crippen LogP contribution in [0.5, 0.6) is 0 Å². The zero-order valence-corrected chi connectivity index (χ0v) is 12.9. The van der Waals surface area contributed by atoms with E-state index < -0.39 is 10.0 Å². The predicted molar refractivity (Wildman–Crippen MR) is 79.2 cm³/mol. The summed E-state index contributed by atoms with van der Waals surface area (Å²) < 4.78 is 26.4. The Morgan fingerprint density at radius 2 is 1.95 bits per heavy atom. The quantitative estimate of drug-likeness (QED) is 0.920. The van der Waals surface area contributed by atoms with Gasteiger partial charge in [-0.3, -0.25) is 0 Å².